The lowest BCUT2D eigenvalue weighted by atomic mass is 10.1. The molecule has 110 valence electrons. The minimum atomic E-state index is 0.162. The molecule has 2 fully saturated rings. The van der Waals surface area contributed by atoms with Gasteiger partial charge in [-0.05, 0) is 38.9 Å². The lowest BCUT2D eigenvalue weighted by Crippen LogP contribution is -2.50. The third-order valence-electron chi connectivity index (χ3n) is 3.99. The molecule has 2 heterocycles. The first-order valence-corrected chi connectivity index (χ1v) is 7.62. The highest BCUT2D eigenvalue weighted by Gasteiger charge is 2.22. The topological polar surface area (TPSA) is 44.8 Å². The Morgan fingerprint density at radius 1 is 1.21 bits per heavy atom. The van der Waals surface area contributed by atoms with Crippen molar-refractivity contribution in [3.05, 3.63) is 0 Å². The Balaban J connectivity index is 1.63. The molecule has 1 N–H and O–H groups in total. The van der Waals surface area contributed by atoms with Crippen LogP contribution >= 0.6 is 0 Å². The zero-order valence-corrected chi connectivity index (χ0v) is 12.1. The number of carbonyl (C=O) groups excluding carboxylic acids is 1. The maximum atomic E-state index is 12.1. The molecule has 2 aliphatic heterocycles. The maximum Gasteiger partial charge on any atom is 0.248 e. The van der Waals surface area contributed by atoms with Gasteiger partial charge in [0.2, 0.25) is 5.91 Å². The number of hydrogen-bond acceptors (Lipinski definition) is 4. The monoisotopic (exact) mass is 269 g/mol. The third kappa shape index (κ3) is 4.75. The molecule has 0 unspecified atom stereocenters. The largest absolute Gasteiger partial charge is 0.368 e. The van der Waals surface area contributed by atoms with E-state index in [0.29, 0.717) is 0 Å². The second kappa shape index (κ2) is 7.82. The molecule has 2 saturated heterocycles. The van der Waals surface area contributed by atoms with Gasteiger partial charge in [-0.25, -0.2) is 0 Å². The van der Waals surface area contributed by atoms with Crippen LogP contribution in [0.4, 0.5) is 0 Å². The van der Waals surface area contributed by atoms with Gasteiger partial charge in [-0.15, -0.1) is 0 Å². The summed E-state index contributed by atoms with van der Waals surface area (Å²) in [7, 11) is 0. The summed E-state index contributed by atoms with van der Waals surface area (Å²) >= 11 is 0. The van der Waals surface area contributed by atoms with E-state index in [2.05, 4.69) is 17.1 Å². The Bertz CT molecular complexity index is 272. The number of amides is 1. The minimum Gasteiger partial charge on any atom is -0.368 e. The number of nitrogens with zero attached hydrogens (tertiary/aromatic N) is 2. The van der Waals surface area contributed by atoms with Gasteiger partial charge in [-0.1, -0.05) is 6.92 Å². The summed E-state index contributed by atoms with van der Waals surface area (Å²) in [4.78, 5) is 16.5. The molecule has 0 saturated carbocycles. The Hall–Kier alpha value is -0.650. The first-order valence-electron chi connectivity index (χ1n) is 7.62. The number of piperidine rings is 1. The summed E-state index contributed by atoms with van der Waals surface area (Å²) in [6, 6.07) is 0. The SMILES string of the molecule is CCCN1CCN(C(=O)COC2CCNCC2)CC1. The van der Waals surface area contributed by atoms with Crippen LogP contribution in [0.1, 0.15) is 26.2 Å². The second-order valence-corrected chi connectivity index (χ2v) is 5.48. The molecule has 1 amide bonds. The van der Waals surface area contributed by atoms with E-state index in [9.17, 15) is 4.79 Å². The summed E-state index contributed by atoms with van der Waals surface area (Å²) in [5.41, 5.74) is 0. The molecule has 0 aromatic carbocycles. The van der Waals surface area contributed by atoms with Gasteiger partial charge in [-0.3, -0.25) is 9.69 Å². The summed E-state index contributed by atoms with van der Waals surface area (Å²) in [5, 5.41) is 3.30. The Labute approximate surface area is 116 Å². The first-order chi connectivity index (χ1) is 9.29. The molecule has 0 spiro atoms. The van der Waals surface area contributed by atoms with E-state index in [0.717, 1.165) is 58.7 Å². The van der Waals surface area contributed by atoms with Crippen molar-refractivity contribution in [2.45, 2.75) is 32.3 Å². The van der Waals surface area contributed by atoms with Crippen LogP contribution in [-0.2, 0) is 9.53 Å². The fraction of sp³-hybridized carbons (Fsp3) is 0.929. The molecule has 0 aromatic rings. The average Bonchev–Trinajstić information content (AvgIpc) is 2.47. The smallest absolute Gasteiger partial charge is 0.248 e. The van der Waals surface area contributed by atoms with Gasteiger partial charge >= 0.3 is 0 Å². The Kier molecular flexibility index (Phi) is 6.07. The minimum absolute atomic E-state index is 0.162. The molecule has 0 aromatic heterocycles. The number of nitrogens with one attached hydrogen (secondary N) is 1. The highest BCUT2D eigenvalue weighted by Crippen LogP contribution is 2.08. The summed E-state index contributed by atoms with van der Waals surface area (Å²) in [5.74, 6) is 0.162. The van der Waals surface area contributed by atoms with Gasteiger partial charge in [-0.2, -0.15) is 0 Å². The van der Waals surface area contributed by atoms with Crippen molar-refractivity contribution in [3.8, 4) is 0 Å². The van der Waals surface area contributed by atoms with Crippen LogP contribution in [0.2, 0.25) is 0 Å². The van der Waals surface area contributed by atoms with Gasteiger partial charge in [0.25, 0.3) is 0 Å². The molecule has 2 aliphatic rings. The van der Waals surface area contributed by atoms with Crippen molar-refractivity contribution in [1.29, 1.82) is 0 Å². The van der Waals surface area contributed by atoms with E-state index >= 15 is 0 Å². The predicted molar refractivity (Wildman–Crippen MR) is 75.2 cm³/mol. The lowest BCUT2D eigenvalue weighted by Gasteiger charge is -2.35. The second-order valence-electron chi connectivity index (χ2n) is 5.48. The van der Waals surface area contributed by atoms with Crippen LogP contribution in [0, 0.1) is 0 Å². The van der Waals surface area contributed by atoms with Crippen LogP contribution in [0.5, 0.6) is 0 Å². The molecule has 5 nitrogen and oxygen atoms in total. The maximum absolute atomic E-state index is 12.1. The fourth-order valence-corrected chi connectivity index (χ4v) is 2.78. The number of carbonyl (C=O) groups is 1. The van der Waals surface area contributed by atoms with Crippen molar-refractivity contribution >= 4 is 5.91 Å². The number of rotatable bonds is 5. The van der Waals surface area contributed by atoms with Crippen LogP contribution in [-0.4, -0.2) is 74.2 Å². The van der Waals surface area contributed by atoms with Crippen molar-refractivity contribution in [2.75, 3.05) is 52.4 Å². The van der Waals surface area contributed by atoms with E-state index in [-0.39, 0.29) is 18.6 Å². The van der Waals surface area contributed by atoms with E-state index in [4.69, 9.17) is 4.74 Å². The Morgan fingerprint density at radius 2 is 1.89 bits per heavy atom. The van der Waals surface area contributed by atoms with Crippen molar-refractivity contribution < 1.29 is 9.53 Å². The molecular formula is C14H27N3O2. The van der Waals surface area contributed by atoms with Gasteiger partial charge in [0.05, 0.1) is 6.10 Å². The normalized spacial score (nSPS) is 22.7. The van der Waals surface area contributed by atoms with Gasteiger partial charge < -0.3 is 15.0 Å². The molecule has 0 aliphatic carbocycles. The summed E-state index contributed by atoms with van der Waals surface area (Å²) in [6.45, 7) is 9.35. The zero-order valence-electron chi connectivity index (χ0n) is 12.1. The van der Waals surface area contributed by atoms with E-state index in [1.807, 2.05) is 4.90 Å². The molecular weight excluding hydrogens is 242 g/mol. The molecule has 0 atom stereocenters. The average molecular weight is 269 g/mol. The predicted octanol–water partition coefficient (Wildman–Crippen LogP) is 0.309. The van der Waals surface area contributed by atoms with Crippen LogP contribution in [0.3, 0.4) is 0 Å². The van der Waals surface area contributed by atoms with Crippen molar-refractivity contribution in [3.63, 3.8) is 0 Å². The lowest BCUT2D eigenvalue weighted by molar-refractivity contribution is -0.140. The molecule has 5 heteroatoms. The number of piperazine rings is 1. The highest BCUT2D eigenvalue weighted by atomic mass is 16.5. The zero-order chi connectivity index (χ0) is 13.5. The standard InChI is InChI=1S/C14H27N3O2/c1-2-7-16-8-10-17(11-9-16)14(18)12-19-13-3-5-15-6-4-13/h13,15H,2-12H2,1H3. The first kappa shape index (κ1) is 14.8. The van der Waals surface area contributed by atoms with E-state index in [1.54, 1.807) is 0 Å². The number of ether oxygens (including phenoxy) is 1. The van der Waals surface area contributed by atoms with Gasteiger partial charge in [0, 0.05) is 26.2 Å². The van der Waals surface area contributed by atoms with E-state index in [1.165, 1.54) is 6.42 Å². The van der Waals surface area contributed by atoms with Gasteiger partial charge in [0.15, 0.2) is 0 Å². The fourth-order valence-electron chi connectivity index (χ4n) is 2.78. The summed E-state index contributed by atoms with van der Waals surface area (Å²) in [6.07, 6.45) is 3.51. The third-order valence-corrected chi connectivity index (χ3v) is 3.99. The van der Waals surface area contributed by atoms with E-state index < -0.39 is 0 Å². The quantitative estimate of drug-likeness (QED) is 0.780. The number of hydrogen-bond donors (Lipinski definition) is 1. The molecule has 2 rings (SSSR count). The molecule has 19 heavy (non-hydrogen) atoms. The molecule has 0 radical (unpaired) electrons. The summed E-state index contributed by atoms with van der Waals surface area (Å²) < 4.78 is 5.73. The highest BCUT2D eigenvalue weighted by molar-refractivity contribution is 5.77. The van der Waals surface area contributed by atoms with Crippen LogP contribution < -0.4 is 5.32 Å². The molecule has 0 bridgehead atoms. The Morgan fingerprint density at radius 3 is 2.53 bits per heavy atom. The van der Waals surface area contributed by atoms with Crippen molar-refractivity contribution in [1.82, 2.24) is 15.1 Å². The van der Waals surface area contributed by atoms with Crippen LogP contribution in [0.15, 0.2) is 0 Å². The van der Waals surface area contributed by atoms with Crippen molar-refractivity contribution in [2.24, 2.45) is 0 Å². The van der Waals surface area contributed by atoms with Gasteiger partial charge in [0.1, 0.15) is 6.61 Å². The van der Waals surface area contributed by atoms with Crippen LogP contribution in [0.25, 0.3) is 0 Å².